The van der Waals surface area contributed by atoms with Gasteiger partial charge in [-0.15, -0.1) is 0 Å². The van der Waals surface area contributed by atoms with E-state index in [4.69, 9.17) is 27.9 Å². The fourth-order valence-corrected chi connectivity index (χ4v) is 3.43. The lowest BCUT2D eigenvalue weighted by atomic mass is 10.3. The van der Waals surface area contributed by atoms with Gasteiger partial charge in [0.25, 0.3) is 0 Å². The molecule has 0 heterocycles. The summed E-state index contributed by atoms with van der Waals surface area (Å²) in [6.07, 6.45) is 1.02. The molecule has 0 saturated carbocycles. The summed E-state index contributed by atoms with van der Waals surface area (Å²) in [5.74, 6) is -0.195. The minimum Gasteiger partial charge on any atom is -0.492 e. The van der Waals surface area contributed by atoms with Gasteiger partial charge < -0.3 is 10.1 Å². The number of para-hydroxylation sites is 2. The Morgan fingerprint density at radius 1 is 1.19 bits per heavy atom. The molecule has 0 unspecified atom stereocenters. The first kappa shape index (κ1) is 20.4. The maximum atomic E-state index is 12.4. The average Bonchev–Trinajstić information content (AvgIpc) is 2.56. The molecule has 9 heteroatoms. The molecule has 0 saturated heterocycles. The van der Waals surface area contributed by atoms with Crippen molar-refractivity contribution in [2.24, 2.45) is 0 Å². The van der Waals surface area contributed by atoms with Crippen molar-refractivity contribution in [1.82, 2.24) is 0 Å². The molecular formula is C17H18Cl2N2O4S. The molecule has 0 radical (unpaired) electrons. The Kier molecular flexibility index (Phi) is 6.75. The number of ether oxygens (including phenoxy) is 1. The maximum Gasteiger partial charge on any atom is 0.245 e. The molecule has 6 nitrogen and oxygen atoms in total. The first-order valence-corrected chi connectivity index (χ1v) is 10.3. The lowest BCUT2D eigenvalue weighted by Gasteiger charge is -2.24. The third-order valence-electron chi connectivity index (χ3n) is 3.32. The highest BCUT2D eigenvalue weighted by Gasteiger charge is 2.24. The van der Waals surface area contributed by atoms with E-state index in [1.165, 1.54) is 12.1 Å². The van der Waals surface area contributed by atoms with Crippen LogP contribution >= 0.6 is 23.2 Å². The SMILES string of the molecule is CCOc1ccccc1N(CC(=O)Nc1cc(Cl)ccc1Cl)S(C)(=O)=O. The first-order chi connectivity index (χ1) is 12.2. The molecule has 1 amide bonds. The van der Waals surface area contributed by atoms with Crippen LogP contribution in [0.5, 0.6) is 5.75 Å². The Hall–Kier alpha value is -1.96. The smallest absolute Gasteiger partial charge is 0.245 e. The Morgan fingerprint density at radius 2 is 1.88 bits per heavy atom. The molecule has 0 spiro atoms. The third-order valence-corrected chi connectivity index (χ3v) is 5.01. The number of anilines is 2. The number of hydrogen-bond acceptors (Lipinski definition) is 4. The highest BCUT2D eigenvalue weighted by atomic mass is 35.5. The predicted molar refractivity (Wildman–Crippen MR) is 105 cm³/mol. The Labute approximate surface area is 162 Å². The molecule has 2 aromatic rings. The molecule has 26 heavy (non-hydrogen) atoms. The predicted octanol–water partition coefficient (Wildman–Crippen LogP) is 3.80. The highest BCUT2D eigenvalue weighted by molar-refractivity contribution is 7.92. The number of nitrogens with one attached hydrogen (secondary N) is 1. The van der Waals surface area contributed by atoms with Crippen molar-refractivity contribution in [2.75, 3.05) is 29.0 Å². The molecule has 0 fully saturated rings. The summed E-state index contributed by atoms with van der Waals surface area (Å²) in [5, 5.41) is 3.26. The van der Waals surface area contributed by atoms with Gasteiger partial charge in [-0.1, -0.05) is 35.3 Å². The normalized spacial score (nSPS) is 11.1. The summed E-state index contributed by atoms with van der Waals surface area (Å²) in [6.45, 7) is 1.71. The number of hydrogen-bond donors (Lipinski definition) is 1. The molecular weight excluding hydrogens is 399 g/mol. The van der Waals surface area contributed by atoms with E-state index in [1.54, 1.807) is 37.3 Å². The van der Waals surface area contributed by atoms with E-state index < -0.39 is 22.5 Å². The maximum absolute atomic E-state index is 12.4. The quantitative estimate of drug-likeness (QED) is 0.744. The number of nitrogens with zero attached hydrogens (tertiary/aromatic N) is 1. The van der Waals surface area contributed by atoms with Gasteiger partial charge in [0.1, 0.15) is 12.3 Å². The number of carbonyl (C=O) groups is 1. The fourth-order valence-electron chi connectivity index (χ4n) is 2.24. The second kappa shape index (κ2) is 8.62. The molecule has 140 valence electrons. The number of amides is 1. The van der Waals surface area contributed by atoms with E-state index in [2.05, 4.69) is 5.32 Å². The standard InChI is InChI=1S/C17H18Cl2N2O4S/c1-3-25-16-7-5-4-6-15(16)21(26(2,23)24)11-17(22)20-14-10-12(18)8-9-13(14)19/h4-10H,3,11H2,1-2H3,(H,20,22). The number of benzene rings is 2. The van der Waals surface area contributed by atoms with Crippen molar-refractivity contribution in [3.8, 4) is 5.75 Å². The van der Waals surface area contributed by atoms with Crippen LogP contribution in [0, 0.1) is 0 Å². The number of sulfonamides is 1. The van der Waals surface area contributed by atoms with Crippen LogP contribution in [0.15, 0.2) is 42.5 Å². The lowest BCUT2D eigenvalue weighted by Crippen LogP contribution is -2.37. The monoisotopic (exact) mass is 416 g/mol. The summed E-state index contributed by atoms with van der Waals surface area (Å²) in [6, 6.07) is 11.2. The van der Waals surface area contributed by atoms with Crippen LogP contribution in [0.1, 0.15) is 6.92 Å². The fraction of sp³-hybridized carbons (Fsp3) is 0.235. The zero-order valence-electron chi connectivity index (χ0n) is 14.2. The molecule has 0 aromatic heterocycles. The number of carbonyl (C=O) groups excluding carboxylic acids is 1. The summed E-state index contributed by atoms with van der Waals surface area (Å²) in [7, 11) is -3.73. The van der Waals surface area contributed by atoms with Gasteiger partial charge in [0.2, 0.25) is 15.9 Å². The van der Waals surface area contributed by atoms with E-state index in [1.807, 2.05) is 0 Å². The average molecular weight is 417 g/mol. The van der Waals surface area contributed by atoms with Crippen LogP contribution in [-0.2, 0) is 14.8 Å². The highest BCUT2D eigenvalue weighted by Crippen LogP contribution is 2.30. The van der Waals surface area contributed by atoms with Crippen molar-refractivity contribution in [3.05, 3.63) is 52.5 Å². The molecule has 0 aliphatic rings. The van der Waals surface area contributed by atoms with Gasteiger partial charge in [0, 0.05) is 5.02 Å². The molecule has 1 N–H and O–H groups in total. The van der Waals surface area contributed by atoms with Gasteiger partial charge in [0.05, 0.1) is 29.3 Å². The largest absolute Gasteiger partial charge is 0.492 e. The zero-order chi connectivity index (χ0) is 19.3. The number of halogens is 2. The summed E-state index contributed by atoms with van der Waals surface area (Å²) < 4.78 is 30.9. The second-order valence-electron chi connectivity index (χ2n) is 5.34. The minimum absolute atomic E-state index is 0.282. The van der Waals surface area contributed by atoms with E-state index >= 15 is 0 Å². The molecule has 0 atom stereocenters. The van der Waals surface area contributed by atoms with Gasteiger partial charge in [-0.3, -0.25) is 9.10 Å². The van der Waals surface area contributed by atoms with Gasteiger partial charge in [-0.2, -0.15) is 0 Å². The van der Waals surface area contributed by atoms with Crippen molar-refractivity contribution >= 4 is 50.5 Å². The van der Waals surface area contributed by atoms with E-state index in [0.717, 1.165) is 10.6 Å². The summed E-state index contributed by atoms with van der Waals surface area (Å²) in [5.41, 5.74) is 0.583. The zero-order valence-corrected chi connectivity index (χ0v) is 16.5. The minimum atomic E-state index is -3.73. The molecule has 0 aliphatic carbocycles. The summed E-state index contributed by atoms with van der Waals surface area (Å²) in [4.78, 5) is 12.4. The van der Waals surface area contributed by atoms with Crippen LogP contribution in [0.4, 0.5) is 11.4 Å². The number of rotatable bonds is 7. The lowest BCUT2D eigenvalue weighted by molar-refractivity contribution is -0.114. The molecule has 2 aromatic carbocycles. The van der Waals surface area contributed by atoms with Crippen molar-refractivity contribution in [2.45, 2.75) is 6.92 Å². The van der Waals surface area contributed by atoms with E-state index in [9.17, 15) is 13.2 Å². The van der Waals surface area contributed by atoms with Gasteiger partial charge in [0.15, 0.2) is 0 Å². The van der Waals surface area contributed by atoms with Crippen molar-refractivity contribution in [3.63, 3.8) is 0 Å². The summed E-state index contributed by atoms with van der Waals surface area (Å²) >= 11 is 11.9. The van der Waals surface area contributed by atoms with E-state index in [0.29, 0.717) is 28.1 Å². The van der Waals surface area contributed by atoms with Crippen LogP contribution in [-0.4, -0.2) is 33.7 Å². The molecule has 2 rings (SSSR count). The van der Waals surface area contributed by atoms with Gasteiger partial charge >= 0.3 is 0 Å². The molecule has 0 bridgehead atoms. The Bertz CT molecular complexity index is 903. The van der Waals surface area contributed by atoms with Crippen LogP contribution in [0.3, 0.4) is 0 Å². The Morgan fingerprint density at radius 3 is 2.54 bits per heavy atom. The van der Waals surface area contributed by atoms with Crippen molar-refractivity contribution in [1.29, 1.82) is 0 Å². The first-order valence-electron chi connectivity index (χ1n) is 7.66. The van der Waals surface area contributed by atoms with Crippen molar-refractivity contribution < 1.29 is 17.9 Å². The third kappa shape index (κ3) is 5.27. The molecule has 0 aliphatic heterocycles. The Balaban J connectivity index is 2.29. The van der Waals surface area contributed by atoms with E-state index in [-0.39, 0.29) is 5.69 Å². The van der Waals surface area contributed by atoms with Crippen LogP contribution < -0.4 is 14.4 Å². The second-order valence-corrected chi connectivity index (χ2v) is 8.09. The van der Waals surface area contributed by atoms with Gasteiger partial charge in [-0.25, -0.2) is 8.42 Å². The van der Waals surface area contributed by atoms with Gasteiger partial charge in [-0.05, 0) is 37.3 Å². The van der Waals surface area contributed by atoms with Crippen LogP contribution in [0.25, 0.3) is 0 Å². The van der Waals surface area contributed by atoms with Crippen LogP contribution in [0.2, 0.25) is 10.0 Å². The topological polar surface area (TPSA) is 75.7 Å².